The normalized spacial score (nSPS) is 21.9. The van der Waals surface area contributed by atoms with Crippen molar-refractivity contribution in [2.75, 3.05) is 12.4 Å². The predicted octanol–water partition coefficient (Wildman–Crippen LogP) is 3.45. The fourth-order valence-electron chi connectivity index (χ4n) is 2.44. The van der Waals surface area contributed by atoms with E-state index in [1.807, 2.05) is 24.4 Å². The van der Waals surface area contributed by atoms with Gasteiger partial charge in [0.2, 0.25) is 0 Å². The number of fused-ring (bicyclic) bond motifs is 1. The van der Waals surface area contributed by atoms with Gasteiger partial charge in [-0.2, -0.15) is 0 Å². The lowest BCUT2D eigenvalue weighted by molar-refractivity contribution is 0.415. The summed E-state index contributed by atoms with van der Waals surface area (Å²) in [5.41, 5.74) is 0. The molecule has 1 saturated carbocycles. The molecule has 1 aliphatic rings. The van der Waals surface area contributed by atoms with Gasteiger partial charge in [0.05, 0.1) is 7.11 Å². The number of methoxy groups -OCH3 is 1. The molecule has 0 radical (unpaired) electrons. The van der Waals surface area contributed by atoms with Gasteiger partial charge < -0.3 is 10.1 Å². The van der Waals surface area contributed by atoms with E-state index >= 15 is 0 Å². The van der Waals surface area contributed by atoms with Crippen molar-refractivity contribution in [2.24, 2.45) is 5.92 Å². The second kappa shape index (κ2) is 4.48. The lowest BCUT2D eigenvalue weighted by atomic mass is 10.1. The first kappa shape index (κ1) is 11.3. The monoisotopic (exact) mass is 242 g/mol. The van der Waals surface area contributed by atoms with E-state index in [4.69, 9.17) is 4.74 Å². The lowest BCUT2D eigenvalue weighted by Crippen LogP contribution is -2.06. The highest BCUT2D eigenvalue weighted by atomic mass is 16.5. The molecular weight excluding hydrogens is 224 g/mol. The first-order chi connectivity index (χ1) is 8.81. The van der Waals surface area contributed by atoms with E-state index in [1.54, 1.807) is 7.11 Å². The summed E-state index contributed by atoms with van der Waals surface area (Å²) in [6, 6.07) is 8.74. The average molecular weight is 242 g/mol. The van der Waals surface area contributed by atoms with Gasteiger partial charge in [-0.05, 0) is 35.9 Å². The Hall–Kier alpha value is -1.77. The zero-order chi connectivity index (χ0) is 12.5. The smallest absolute Gasteiger partial charge is 0.134 e. The van der Waals surface area contributed by atoms with Crippen LogP contribution in [0.3, 0.4) is 0 Å². The second-order valence-corrected chi connectivity index (χ2v) is 4.90. The number of pyridine rings is 1. The number of hydrogen-bond donors (Lipinski definition) is 1. The quantitative estimate of drug-likeness (QED) is 0.891. The molecule has 1 fully saturated rings. The maximum atomic E-state index is 5.28. The van der Waals surface area contributed by atoms with Gasteiger partial charge >= 0.3 is 0 Å². The van der Waals surface area contributed by atoms with E-state index in [2.05, 4.69) is 23.3 Å². The second-order valence-electron chi connectivity index (χ2n) is 4.90. The van der Waals surface area contributed by atoms with E-state index in [-0.39, 0.29) is 0 Å². The van der Waals surface area contributed by atoms with Gasteiger partial charge in [0.15, 0.2) is 0 Å². The van der Waals surface area contributed by atoms with Crippen LogP contribution in [0.5, 0.6) is 5.75 Å². The number of aromatic nitrogens is 1. The number of anilines is 1. The van der Waals surface area contributed by atoms with Gasteiger partial charge in [-0.25, -0.2) is 4.98 Å². The third kappa shape index (κ3) is 2.01. The van der Waals surface area contributed by atoms with Crippen molar-refractivity contribution in [1.82, 2.24) is 4.98 Å². The molecule has 2 aromatic rings. The Kier molecular flexibility index (Phi) is 2.82. The number of rotatable bonds is 4. The van der Waals surface area contributed by atoms with E-state index in [0.717, 1.165) is 22.9 Å². The van der Waals surface area contributed by atoms with Crippen LogP contribution in [-0.4, -0.2) is 18.1 Å². The summed E-state index contributed by atoms with van der Waals surface area (Å²) in [4.78, 5) is 4.46. The first-order valence-corrected chi connectivity index (χ1v) is 6.51. The van der Waals surface area contributed by atoms with Crippen molar-refractivity contribution in [3.8, 4) is 5.75 Å². The average Bonchev–Trinajstić information content (AvgIpc) is 3.17. The highest BCUT2D eigenvalue weighted by Gasteiger charge is 2.35. The number of nitrogens with one attached hydrogen (secondary N) is 1. The molecule has 18 heavy (non-hydrogen) atoms. The molecular formula is C15H18N2O. The fraction of sp³-hybridized carbons (Fsp3) is 0.400. The molecule has 0 bridgehead atoms. The topological polar surface area (TPSA) is 34.2 Å². The first-order valence-electron chi connectivity index (χ1n) is 6.51. The summed E-state index contributed by atoms with van der Waals surface area (Å²) in [6.45, 7) is 2.24. The van der Waals surface area contributed by atoms with Crippen LogP contribution < -0.4 is 10.1 Å². The highest BCUT2D eigenvalue weighted by Crippen LogP contribution is 2.37. The van der Waals surface area contributed by atoms with E-state index in [1.165, 1.54) is 18.2 Å². The van der Waals surface area contributed by atoms with Gasteiger partial charge in [-0.3, -0.25) is 0 Å². The van der Waals surface area contributed by atoms with Crippen LogP contribution in [0.25, 0.3) is 10.8 Å². The number of nitrogens with zero attached hydrogens (tertiary/aromatic N) is 1. The van der Waals surface area contributed by atoms with Crippen LogP contribution >= 0.6 is 0 Å². The minimum atomic E-state index is 0.597. The summed E-state index contributed by atoms with van der Waals surface area (Å²) in [5.74, 6) is 2.67. The van der Waals surface area contributed by atoms with Crippen LogP contribution in [0.15, 0.2) is 30.5 Å². The minimum absolute atomic E-state index is 0.597. The van der Waals surface area contributed by atoms with Gasteiger partial charge in [0.25, 0.3) is 0 Å². The Morgan fingerprint density at radius 1 is 1.39 bits per heavy atom. The van der Waals surface area contributed by atoms with Crippen molar-refractivity contribution >= 4 is 16.6 Å². The van der Waals surface area contributed by atoms with Crippen LogP contribution in [-0.2, 0) is 0 Å². The Labute approximate surface area is 107 Å². The van der Waals surface area contributed by atoms with Crippen molar-refractivity contribution in [2.45, 2.75) is 25.8 Å². The fourth-order valence-corrected chi connectivity index (χ4v) is 2.44. The maximum absolute atomic E-state index is 5.28. The summed E-state index contributed by atoms with van der Waals surface area (Å²) >= 11 is 0. The van der Waals surface area contributed by atoms with Crippen molar-refractivity contribution < 1.29 is 4.74 Å². The van der Waals surface area contributed by atoms with E-state index in [0.29, 0.717) is 6.04 Å². The molecule has 0 spiro atoms. The molecule has 1 aromatic carbocycles. The Morgan fingerprint density at radius 3 is 3.00 bits per heavy atom. The van der Waals surface area contributed by atoms with Crippen LogP contribution in [0.4, 0.5) is 5.82 Å². The SMILES string of the molecule is CCC1CC1Nc1nccc2ccc(OC)cc12. The third-order valence-corrected chi connectivity index (χ3v) is 3.74. The molecule has 0 aliphatic heterocycles. The summed E-state index contributed by atoms with van der Waals surface area (Å²) in [7, 11) is 1.69. The Morgan fingerprint density at radius 2 is 2.28 bits per heavy atom. The molecule has 3 rings (SSSR count). The summed E-state index contributed by atoms with van der Waals surface area (Å²) in [5, 5.41) is 5.88. The molecule has 1 aromatic heterocycles. The molecule has 3 heteroatoms. The molecule has 0 saturated heterocycles. The zero-order valence-electron chi connectivity index (χ0n) is 10.8. The van der Waals surface area contributed by atoms with Gasteiger partial charge in [0.1, 0.15) is 11.6 Å². The van der Waals surface area contributed by atoms with Gasteiger partial charge in [-0.1, -0.05) is 19.4 Å². The number of ether oxygens (including phenoxy) is 1. The zero-order valence-corrected chi connectivity index (χ0v) is 10.8. The van der Waals surface area contributed by atoms with Crippen molar-refractivity contribution in [3.05, 3.63) is 30.5 Å². The van der Waals surface area contributed by atoms with Gasteiger partial charge in [0, 0.05) is 17.6 Å². The van der Waals surface area contributed by atoms with Crippen molar-refractivity contribution in [1.29, 1.82) is 0 Å². The molecule has 2 atom stereocenters. The molecule has 1 aliphatic carbocycles. The van der Waals surface area contributed by atoms with Crippen molar-refractivity contribution in [3.63, 3.8) is 0 Å². The standard InChI is InChI=1S/C15H18N2O/c1-3-10-8-14(10)17-15-13-9-12(18-2)5-4-11(13)6-7-16-15/h4-7,9-10,14H,3,8H2,1-2H3,(H,16,17). The Bertz CT molecular complexity index is 567. The predicted molar refractivity (Wildman–Crippen MR) is 74.1 cm³/mol. The molecule has 2 unspecified atom stereocenters. The summed E-state index contributed by atoms with van der Waals surface area (Å²) < 4.78 is 5.28. The molecule has 94 valence electrons. The molecule has 1 heterocycles. The van der Waals surface area contributed by atoms with Gasteiger partial charge in [-0.15, -0.1) is 0 Å². The highest BCUT2D eigenvalue weighted by molar-refractivity contribution is 5.92. The third-order valence-electron chi connectivity index (χ3n) is 3.74. The van der Waals surface area contributed by atoms with Crippen LogP contribution in [0.2, 0.25) is 0 Å². The number of hydrogen-bond acceptors (Lipinski definition) is 3. The van der Waals surface area contributed by atoms with Crippen LogP contribution in [0, 0.1) is 5.92 Å². The van der Waals surface area contributed by atoms with Crippen LogP contribution in [0.1, 0.15) is 19.8 Å². The molecule has 3 nitrogen and oxygen atoms in total. The molecule has 0 amide bonds. The van der Waals surface area contributed by atoms with E-state index in [9.17, 15) is 0 Å². The Balaban J connectivity index is 1.95. The largest absolute Gasteiger partial charge is 0.497 e. The maximum Gasteiger partial charge on any atom is 0.134 e. The molecule has 1 N–H and O–H groups in total. The summed E-state index contributed by atoms with van der Waals surface area (Å²) in [6.07, 6.45) is 4.37. The lowest BCUT2D eigenvalue weighted by Gasteiger charge is -2.09. The minimum Gasteiger partial charge on any atom is -0.497 e. The number of benzene rings is 1. The van der Waals surface area contributed by atoms with E-state index < -0.39 is 0 Å².